The van der Waals surface area contributed by atoms with Crippen molar-refractivity contribution in [2.24, 2.45) is 11.8 Å². The van der Waals surface area contributed by atoms with Crippen LogP contribution in [0.4, 0.5) is 11.4 Å². The van der Waals surface area contributed by atoms with Crippen LogP contribution in [0.5, 0.6) is 5.75 Å². The van der Waals surface area contributed by atoms with E-state index in [-0.39, 0.29) is 17.7 Å². The maximum Gasteiger partial charge on any atom is 0.306 e. The first-order valence-corrected chi connectivity index (χ1v) is 9.01. The Morgan fingerprint density at radius 1 is 1.23 bits per heavy atom. The van der Waals surface area contributed by atoms with Crippen molar-refractivity contribution in [2.45, 2.75) is 38.5 Å². The molecule has 2 aliphatic rings. The van der Waals surface area contributed by atoms with E-state index in [2.05, 4.69) is 5.32 Å². The summed E-state index contributed by atoms with van der Waals surface area (Å²) in [5.74, 6) is -1.13. The summed E-state index contributed by atoms with van der Waals surface area (Å²) in [5.41, 5.74) is 1.29. The number of benzene rings is 1. The van der Waals surface area contributed by atoms with E-state index in [4.69, 9.17) is 4.74 Å². The van der Waals surface area contributed by atoms with Crippen LogP contribution in [0, 0.1) is 11.8 Å². The van der Waals surface area contributed by atoms with Crippen molar-refractivity contribution in [3.8, 4) is 5.75 Å². The lowest BCUT2D eigenvalue weighted by Gasteiger charge is -2.26. The average Bonchev–Trinajstić information content (AvgIpc) is 3.07. The highest BCUT2D eigenvalue weighted by molar-refractivity contribution is 5.98. The van der Waals surface area contributed by atoms with Gasteiger partial charge in [-0.15, -0.1) is 0 Å². The van der Waals surface area contributed by atoms with Gasteiger partial charge in [0, 0.05) is 30.6 Å². The fourth-order valence-corrected chi connectivity index (χ4v) is 3.78. The molecule has 0 aromatic heterocycles. The van der Waals surface area contributed by atoms with Gasteiger partial charge in [0.25, 0.3) is 0 Å². The van der Waals surface area contributed by atoms with Crippen molar-refractivity contribution in [3.05, 3.63) is 18.2 Å². The minimum atomic E-state index is -0.830. The van der Waals surface area contributed by atoms with Gasteiger partial charge < -0.3 is 20.1 Å². The molecule has 2 N–H and O–H groups in total. The lowest BCUT2D eigenvalue weighted by atomic mass is 9.81. The van der Waals surface area contributed by atoms with E-state index in [9.17, 15) is 19.5 Å². The molecule has 2 atom stereocenters. The fourth-order valence-electron chi connectivity index (χ4n) is 3.78. The van der Waals surface area contributed by atoms with Crippen LogP contribution in [0.15, 0.2) is 18.2 Å². The molecule has 1 aromatic carbocycles. The van der Waals surface area contributed by atoms with Crippen LogP contribution >= 0.6 is 0 Å². The summed E-state index contributed by atoms with van der Waals surface area (Å²) in [5, 5.41) is 12.0. The smallest absolute Gasteiger partial charge is 0.306 e. The van der Waals surface area contributed by atoms with E-state index in [1.165, 1.54) is 7.11 Å². The monoisotopic (exact) mass is 360 g/mol. The minimum Gasteiger partial charge on any atom is -0.494 e. The molecule has 1 saturated heterocycles. The summed E-state index contributed by atoms with van der Waals surface area (Å²) in [7, 11) is 1.53. The Bertz CT molecular complexity index is 718. The number of ether oxygens (including phenoxy) is 1. The van der Waals surface area contributed by atoms with E-state index < -0.39 is 11.9 Å². The average molecular weight is 360 g/mol. The van der Waals surface area contributed by atoms with Crippen LogP contribution in [0.2, 0.25) is 0 Å². The molecule has 1 aliphatic carbocycles. The van der Waals surface area contributed by atoms with E-state index in [0.29, 0.717) is 49.4 Å². The standard InChI is InChI=1S/C19H24N2O5/c1-26-16-11-14(7-8-15(16)21-9-3-6-17(21)22)20-18(23)12-4-2-5-13(10-12)19(24)25/h7-8,11-13H,2-6,9-10H2,1H3,(H,20,23)(H,24,25). The van der Waals surface area contributed by atoms with E-state index in [1.54, 1.807) is 23.1 Å². The number of carboxylic acid groups (broad SMARTS) is 1. The SMILES string of the molecule is COc1cc(NC(=O)C2CCCC(C(=O)O)C2)ccc1N1CCCC1=O. The third-order valence-electron chi connectivity index (χ3n) is 5.21. The topological polar surface area (TPSA) is 95.9 Å². The molecule has 0 bridgehead atoms. The van der Waals surface area contributed by atoms with Gasteiger partial charge in [0.1, 0.15) is 5.75 Å². The minimum absolute atomic E-state index is 0.0713. The molecule has 2 unspecified atom stereocenters. The van der Waals surface area contributed by atoms with Gasteiger partial charge in [-0.05, 0) is 37.8 Å². The number of carbonyl (C=O) groups is 3. The van der Waals surface area contributed by atoms with Gasteiger partial charge in [0.05, 0.1) is 18.7 Å². The zero-order valence-corrected chi connectivity index (χ0v) is 14.9. The Labute approximate surface area is 152 Å². The molecule has 1 aliphatic heterocycles. The maximum absolute atomic E-state index is 12.5. The van der Waals surface area contributed by atoms with E-state index in [1.807, 2.05) is 0 Å². The lowest BCUT2D eigenvalue weighted by molar-refractivity contribution is -0.143. The Balaban J connectivity index is 1.70. The highest BCUT2D eigenvalue weighted by Gasteiger charge is 2.31. The zero-order valence-electron chi connectivity index (χ0n) is 14.9. The number of amides is 2. The molecule has 2 amide bonds. The second-order valence-electron chi connectivity index (χ2n) is 6.92. The summed E-state index contributed by atoms with van der Waals surface area (Å²) in [4.78, 5) is 37.3. The van der Waals surface area contributed by atoms with Gasteiger partial charge >= 0.3 is 5.97 Å². The second kappa shape index (κ2) is 7.76. The second-order valence-corrected chi connectivity index (χ2v) is 6.92. The summed E-state index contributed by atoms with van der Waals surface area (Å²) >= 11 is 0. The molecule has 26 heavy (non-hydrogen) atoms. The number of aliphatic carboxylic acids is 1. The largest absolute Gasteiger partial charge is 0.494 e. The van der Waals surface area contributed by atoms with Crippen molar-refractivity contribution < 1.29 is 24.2 Å². The van der Waals surface area contributed by atoms with Crippen LogP contribution < -0.4 is 15.0 Å². The first kappa shape index (κ1) is 18.2. The molecule has 3 rings (SSSR count). The van der Waals surface area contributed by atoms with Gasteiger partial charge in [0.15, 0.2) is 0 Å². The van der Waals surface area contributed by atoms with Gasteiger partial charge in [-0.25, -0.2) is 0 Å². The van der Waals surface area contributed by atoms with E-state index in [0.717, 1.165) is 12.8 Å². The maximum atomic E-state index is 12.5. The number of carboxylic acids is 1. The third kappa shape index (κ3) is 3.81. The van der Waals surface area contributed by atoms with Crippen LogP contribution in [0.3, 0.4) is 0 Å². The molecular formula is C19H24N2O5. The fraction of sp³-hybridized carbons (Fsp3) is 0.526. The van der Waals surface area contributed by atoms with Gasteiger partial charge in [0.2, 0.25) is 11.8 Å². The summed E-state index contributed by atoms with van der Waals surface area (Å²) in [6.45, 7) is 0.666. The molecule has 140 valence electrons. The molecule has 0 radical (unpaired) electrons. The Kier molecular flexibility index (Phi) is 5.44. The Hall–Kier alpha value is -2.57. The Morgan fingerprint density at radius 3 is 2.65 bits per heavy atom. The van der Waals surface area contributed by atoms with Gasteiger partial charge in [-0.1, -0.05) is 6.42 Å². The molecule has 7 nitrogen and oxygen atoms in total. The first-order chi connectivity index (χ1) is 12.5. The Morgan fingerprint density at radius 2 is 2.00 bits per heavy atom. The summed E-state index contributed by atoms with van der Waals surface area (Å²) in [6, 6.07) is 5.23. The number of anilines is 2. The van der Waals surface area contributed by atoms with Crippen molar-refractivity contribution in [2.75, 3.05) is 23.9 Å². The van der Waals surface area contributed by atoms with Crippen LogP contribution in [0.25, 0.3) is 0 Å². The summed E-state index contributed by atoms with van der Waals surface area (Å²) < 4.78 is 5.40. The highest BCUT2D eigenvalue weighted by Crippen LogP contribution is 2.35. The number of methoxy groups -OCH3 is 1. The molecule has 2 fully saturated rings. The predicted molar refractivity (Wildman–Crippen MR) is 96.3 cm³/mol. The van der Waals surface area contributed by atoms with Gasteiger partial charge in [-0.2, -0.15) is 0 Å². The first-order valence-electron chi connectivity index (χ1n) is 9.01. The number of hydrogen-bond donors (Lipinski definition) is 2. The predicted octanol–water partition coefficient (Wildman–Crippen LogP) is 2.65. The number of carbonyl (C=O) groups excluding carboxylic acids is 2. The van der Waals surface area contributed by atoms with Crippen molar-refractivity contribution in [3.63, 3.8) is 0 Å². The summed E-state index contributed by atoms with van der Waals surface area (Å²) in [6.07, 6.45) is 3.81. The number of nitrogens with one attached hydrogen (secondary N) is 1. The van der Waals surface area contributed by atoms with Crippen molar-refractivity contribution in [1.82, 2.24) is 0 Å². The molecule has 1 aromatic rings. The zero-order chi connectivity index (χ0) is 18.7. The van der Waals surface area contributed by atoms with Crippen LogP contribution in [-0.4, -0.2) is 36.5 Å². The normalized spacial score (nSPS) is 23.0. The third-order valence-corrected chi connectivity index (χ3v) is 5.21. The molecule has 0 spiro atoms. The molecule has 7 heteroatoms. The van der Waals surface area contributed by atoms with Crippen molar-refractivity contribution in [1.29, 1.82) is 0 Å². The number of rotatable bonds is 5. The highest BCUT2D eigenvalue weighted by atomic mass is 16.5. The quantitative estimate of drug-likeness (QED) is 0.841. The van der Waals surface area contributed by atoms with E-state index >= 15 is 0 Å². The van der Waals surface area contributed by atoms with Crippen LogP contribution in [0.1, 0.15) is 38.5 Å². The molecule has 1 saturated carbocycles. The van der Waals surface area contributed by atoms with Crippen molar-refractivity contribution >= 4 is 29.2 Å². The molecule has 1 heterocycles. The number of nitrogens with zero attached hydrogens (tertiary/aromatic N) is 1. The lowest BCUT2D eigenvalue weighted by Crippen LogP contribution is -2.31. The number of hydrogen-bond acceptors (Lipinski definition) is 4. The molecular weight excluding hydrogens is 336 g/mol. The van der Waals surface area contributed by atoms with Gasteiger partial charge in [-0.3, -0.25) is 14.4 Å². The van der Waals surface area contributed by atoms with Crippen LogP contribution in [-0.2, 0) is 14.4 Å².